The maximum absolute atomic E-state index is 10.9. The molecule has 0 saturated heterocycles. The van der Waals surface area contributed by atoms with Crippen LogP contribution in [0.1, 0.15) is 19.4 Å². The van der Waals surface area contributed by atoms with Gasteiger partial charge in [-0.25, -0.2) is 0 Å². The first kappa shape index (κ1) is 10.4. The first-order valence-corrected chi connectivity index (χ1v) is 5.92. The van der Waals surface area contributed by atoms with E-state index in [-0.39, 0.29) is 5.41 Å². The molecule has 0 aliphatic heterocycles. The summed E-state index contributed by atoms with van der Waals surface area (Å²) in [5.74, 6) is 0. The molecule has 0 unspecified atom stereocenters. The number of hydrogen-bond acceptors (Lipinski definition) is 2. The molecule has 0 bridgehead atoms. The molecule has 2 rings (SSSR count). The molecule has 0 aliphatic carbocycles. The summed E-state index contributed by atoms with van der Waals surface area (Å²) in [4.78, 5) is 10.9. The number of rotatable bonds is 3. The van der Waals surface area contributed by atoms with Crippen molar-refractivity contribution in [3.8, 4) is 0 Å². The van der Waals surface area contributed by atoms with Gasteiger partial charge < -0.3 is 4.79 Å². The normalized spacial score (nSPS) is 11.9. The van der Waals surface area contributed by atoms with Gasteiger partial charge in [-0.1, -0.05) is 32.0 Å². The molecule has 0 fully saturated rings. The van der Waals surface area contributed by atoms with Gasteiger partial charge in [0.25, 0.3) is 0 Å². The zero-order chi connectivity index (χ0) is 10.9. The Bertz CT molecular complexity index is 482. The third-order valence-electron chi connectivity index (χ3n) is 2.53. The molecule has 0 radical (unpaired) electrons. The van der Waals surface area contributed by atoms with Crippen molar-refractivity contribution in [1.82, 2.24) is 0 Å². The monoisotopic (exact) mass is 218 g/mol. The van der Waals surface area contributed by atoms with E-state index in [2.05, 4.69) is 17.5 Å². The van der Waals surface area contributed by atoms with Crippen molar-refractivity contribution < 1.29 is 4.79 Å². The lowest BCUT2D eigenvalue weighted by Crippen LogP contribution is -2.15. The number of fused-ring (bicyclic) bond motifs is 1. The van der Waals surface area contributed by atoms with Gasteiger partial charge >= 0.3 is 0 Å². The number of thiophene rings is 1. The number of hydrogen-bond donors (Lipinski definition) is 0. The van der Waals surface area contributed by atoms with Crippen LogP contribution in [0.4, 0.5) is 0 Å². The summed E-state index contributed by atoms with van der Waals surface area (Å²) in [5, 5.41) is 3.45. The molecule has 0 atom stereocenters. The summed E-state index contributed by atoms with van der Waals surface area (Å²) in [5.41, 5.74) is 1.02. The minimum atomic E-state index is -0.260. The van der Waals surface area contributed by atoms with E-state index >= 15 is 0 Å². The topological polar surface area (TPSA) is 17.1 Å². The van der Waals surface area contributed by atoms with E-state index in [0.29, 0.717) is 0 Å². The molecule has 0 aliphatic rings. The first-order chi connectivity index (χ1) is 7.12. The van der Waals surface area contributed by atoms with Crippen molar-refractivity contribution in [3.63, 3.8) is 0 Å². The Labute approximate surface area is 93.7 Å². The van der Waals surface area contributed by atoms with Crippen LogP contribution in [0.25, 0.3) is 10.1 Å². The Morgan fingerprint density at radius 2 is 2.07 bits per heavy atom. The molecule has 1 nitrogen and oxygen atoms in total. The highest BCUT2D eigenvalue weighted by molar-refractivity contribution is 7.17. The fourth-order valence-electron chi connectivity index (χ4n) is 1.70. The predicted molar refractivity (Wildman–Crippen MR) is 65.4 cm³/mol. The maximum Gasteiger partial charge on any atom is 0.125 e. The molecule has 0 saturated carbocycles. The number of benzene rings is 1. The molecular formula is C13H14OS. The van der Waals surface area contributed by atoms with Crippen LogP contribution in [0.5, 0.6) is 0 Å². The van der Waals surface area contributed by atoms with Crippen molar-refractivity contribution in [1.29, 1.82) is 0 Å². The molecule has 1 aromatic carbocycles. The number of carbonyl (C=O) groups excluding carboxylic acids is 1. The predicted octanol–water partition coefficient (Wildman–Crippen LogP) is 3.67. The smallest absolute Gasteiger partial charge is 0.125 e. The SMILES string of the molecule is CC(C)(C=O)Cc1csc2ccccc12. The van der Waals surface area contributed by atoms with E-state index in [1.54, 1.807) is 11.3 Å². The average molecular weight is 218 g/mol. The van der Waals surface area contributed by atoms with Crippen molar-refractivity contribution in [2.45, 2.75) is 20.3 Å². The van der Waals surface area contributed by atoms with Gasteiger partial charge in [-0.2, -0.15) is 0 Å². The second-order valence-electron chi connectivity index (χ2n) is 4.54. The van der Waals surface area contributed by atoms with Crippen LogP contribution >= 0.6 is 11.3 Å². The zero-order valence-electron chi connectivity index (χ0n) is 8.99. The number of aldehydes is 1. The quantitative estimate of drug-likeness (QED) is 0.718. The Balaban J connectivity index is 2.41. The zero-order valence-corrected chi connectivity index (χ0v) is 9.80. The van der Waals surface area contributed by atoms with Crippen molar-refractivity contribution in [2.75, 3.05) is 0 Å². The van der Waals surface area contributed by atoms with E-state index in [1.165, 1.54) is 15.6 Å². The Hall–Kier alpha value is -1.15. The van der Waals surface area contributed by atoms with E-state index in [9.17, 15) is 4.79 Å². The fraction of sp³-hybridized carbons (Fsp3) is 0.308. The lowest BCUT2D eigenvalue weighted by molar-refractivity contribution is -0.114. The minimum Gasteiger partial charge on any atom is -0.303 e. The summed E-state index contributed by atoms with van der Waals surface area (Å²) in [6, 6.07) is 8.35. The van der Waals surface area contributed by atoms with Gasteiger partial charge in [-0.05, 0) is 28.8 Å². The molecule has 2 aromatic rings. The Morgan fingerprint density at radius 3 is 2.80 bits per heavy atom. The average Bonchev–Trinajstić information content (AvgIpc) is 2.62. The van der Waals surface area contributed by atoms with Crippen molar-refractivity contribution in [2.24, 2.45) is 5.41 Å². The lowest BCUT2D eigenvalue weighted by Gasteiger charge is -2.15. The van der Waals surface area contributed by atoms with Gasteiger partial charge in [0.2, 0.25) is 0 Å². The van der Waals surface area contributed by atoms with Gasteiger partial charge in [-0.3, -0.25) is 0 Å². The molecule has 78 valence electrons. The summed E-state index contributed by atoms with van der Waals surface area (Å²) in [6.07, 6.45) is 1.86. The summed E-state index contributed by atoms with van der Waals surface area (Å²) in [7, 11) is 0. The van der Waals surface area contributed by atoms with Gasteiger partial charge in [0.1, 0.15) is 6.29 Å². The highest BCUT2D eigenvalue weighted by Crippen LogP contribution is 2.30. The summed E-state index contributed by atoms with van der Waals surface area (Å²) < 4.78 is 1.30. The van der Waals surface area contributed by atoms with Crippen molar-refractivity contribution in [3.05, 3.63) is 35.2 Å². The lowest BCUT2D eigenvalue weighted by atomic mass is 9.87. The Morgan fingerprint density at radius 1 is 1.33 bits per heavy atom. The van der Waals surface area contributed by atoms with Gasteiger partial charge in [0.05, 0.1) is 0 Å². The summed E-state index contributed by atoms with van der Waals surface area (Å²) in [6.45, 7) is 3.96. The molecule has 1 heterocycles. The van der Waals surface area contributed by atoms with Crippen LogP contribution in [0, 0.1) is 5.41 Å². The molecule has 0 amide bonds. The van der Waals surface area contributed by atoms with E-state index in [0.717, 1.165) is 12.7 Å². The second kappa shape index (κ2) is 3.78. The minimum absolute atomic E-state index is 0.260. The largest absolute Gasteiger partial charge is 0.303 e. The van der Waals surface area contributed by atoms with Crippen molar-refractivity contribution >= 4 is 27.7 Å². The third-order valence-corrected chi connectivity index (χ3v) is 3.54. The second-order valence-corrected chi connectivity index (χ2v) is 5.45. The van der Waals surface area contributed by atoms with Gasteiger partial charge in [0, 0.05) is 10.1 Å². The maximum atomic E-state index is 10.9. The van der Waals surface area contributed by atoms with E-state index < -0.39 is 0 Å². The van der Waals surface area contributed by atoms with Crippen LogP contribution in [0.2, 0.25) is 0 Å². The van der Waals surface area contributed by atoms with Gasteiger partial charge in [-0.15, -0.1) is 11.3 Å². The standard InChI is InChI=1S/C13H14OS/c1-13(2,9-14)7-10-8-15-12-6-4-3-5-11(10)12/h3-6,8-9H,7H2,1-2H3. The van der Waals surface area contributed by atoms with Crippen LogP contribution in [0.15, 0.2) is 29.6 Å². The molecule has 1 aromatic heterocycles. The highest BCUT2D eigenvalue weighted by atomic mass is 32.1. The van der Waals surface area contributed by atoms with Crippen LogP contribution in [-0.2, 0) is 11.2 Å². The third kappa shape index (κ3) is 2.10. The first-order valence-electron chi connectivity index (χ1n) is 5.04. The number of carbonyl (C=O) groups is 1. The summed E-state index contributed by atoms with van der Waals surface area (Å²) >= 11 is 1.75. The van der Waals surface area contributed by atoms with Gasteiger partial charge in [0.15, 0.2) is 0 Å². The molecular weight excluding hydrogens is 204 g/mol. The van der Waals surface area contributed by atoms with E-state index in [4.69, 9.17) is 0 Å². The Kier molecular flexibility index (Phi) is 2.61. The van der Waals surface area contributed by atoms with Crippen LogP contribution < -0.4 is 0 Å². The van der Waals surface area contributed by atoms with E-state index in [1.807, 2.05) is 26.0 Å². The molecule has 0 spiro atoms. The molecule has 2 heteroatoms. The molecule has 15 heavy (non-hydrogen) atoms. The van der Waals surface area contributed by atoms with Crippen LogP contribution in [-0.4, -0.2) is 6.29 Å². The van der Waals surface area contributed by atoms with Crippen LogP contribution in [0.3, 0.4) is 0 Å². The molecule has 0 N–H and O–H groups in total. The fourth-order valence-corrected chi connectivity index (χ4v) is 2.66. The highest BCUT2D eigenvalue weighted by Gasteiger charge is 2.18.